The van der Waals surface area contributed by atoms with Gasteiger partial charge >= 0.3 is 0 Å². The molecule has 0 aromatic heterocycles. The normalized spacial score (nSPS) is 50.9. The van der Waals surface area contributed by atoms with E-state index < -0.39 is 0 Å². The molecule has 0 N–H and O–H groups in total. The van der Waals surface area contributed by atoms with E-state index in [0.717, 1.165) is 11.8 Å². The lowest BCUT2D eigenvalue weighted by molar-refractivity contribution is -0.00528. The summed E-state index contributed by atoms with van der Waals surface area (Å²) in [4.78, 5) is 0. The van der Waals surface area contributed by atoms with Crippen LogP contribution in [0.4, 0.5) is 0 Å². The SMILES string of the molecule is C=COC12CCC(C1)C1CC=CC12. The molecule has 2 saturated carbocycles. The van der Waals surface area contributed by atoms with Crippen molar-refractivity contribution in [1.29, 1.82) is 0 Å². The van der Waals surface area contributed by atoms with Gasteiger partial charge in [-0.25, -0.2) is 0 Å². The van der Waals surface area contributed by atoms with Gasteiger partial charge in [0, 0.05) is 5.92 Å². The van der Waals surface area contributed by atoms with Crippen LogP contribution in [0.15, 0.2) is 25.0 Å². The first-order chi connectivity index (χ1) is 6.36. The Morgan fingerprint density at radius 1 is 1.54 bits per heavy atom. The van der Waals surface area contributed by atoms with Gasteiger partial charge in [-0.1, -0.05) is 18.7 Å². The predicted molar refractivity (Wildman–Crippen MR) is 52.1 cm³/mol. The fourth-order valence-corrected chi connectivity index (χ4v) is 3.82. The highest BCUT2D eigenvalue weighted by atomic mass is 16.5. The summed E-state index contributed by atoms with van der Waals surface area (Å²) in [5.74, 6) is 2.53. The second-order valence-corrected chi connectivity index (χ2v) is 4.71. The van der Waals surface area contributed by atoms with Gasteiger partial charge in [-0.3, -0.25) is 0 Å². The second-order valence-electron chi connectivity index (χ2n) is 4.71. The number of ether oxygens (including phenoxy) is 1. The molecule has 2 bridgehead atoms. The molecule has 0 radical (unpaired) electrons. The quantitative estimate of drug-likeness (QED) is 0.464. The van der Waals surface area contributed by atoms with E-state index in [1.165, 1.54) is 25.7 Å². The third-order valence-corrected chi connectivity index (χ3v) is 4.29. The van der Waals surface area contributed by atoms with Crippen LogP contribution in [0.5, 0.6) is 0 Å². The third kappa shape index (κ3) is 0.827. The van der Waals surface area contributed by atoms with Gasteiger partial charge in [0.1, 0.15) is 5.60 Å². The van der Waals surface area contributed by atoms with E-state index in [-0.39, 0.29) is 5.60 Å². The fourth-order valence-electron chi connectivity index (χ4n) is 3.82. The Morgan fingerprint density at radius 3 is 3.31 bits per heavy atom. The van der Waals surface area contributed by atoms with Crippen LogP contribution in [-0.4, -0.2) is 5.60 Å². The van der Waals surface area contributed by atoms with E-state index in [0.29, 0.717) is 5.92 Å². The standard InChI is InChI=1S/C12H16O/c1-2-13-12-7-6-9(8-12)10-4-3-5-11(10)12/h2-3,5,9-11H,1,4,6-8H2. The maximum Gasteiger partial charge on any atom is 0.115 e. The zero-order valence-electron chi connectivity index (χ0n) is 7.91. The Morgan fingerprint density at radius 2 is 2.46 bits per heavy atom. The van der Waals surface area contributed by atoms with Crippen LogP contribution in [-0.2, 0) is 4.74 Å². The summed E-state index contributed by atoms with van der Waals surface area (Å²) in [6.07, 6.45) is 11.6. The maximum absolute atomic E-state index is 5.81. The number of fused-ring (bicyclic) bond motifs is 5. The number of hydrogen-bond acceptors (Lipinski definition) is 1. The third-order valence-electron chi connectivity index (χ3n) is 4.29. The fraction of sp³-hybridized carbons (Fsp3) is 0.667. The van der Waals surface area contributed by atoms with E-state index >= 15 is 0 Å². The van der Waals surface area contributed by atoms with E-state index in [1.807, 2.05) is 0 Å². The highest BCUT2D eigenvalue weighted by Crippen LogP contribution is 2.60. The molecule has 1 heteroatoms. The van der Waals surface area contributed by atoms with Gasteiger partial charge in [-0.15, -0.1) is 0 Å². The summed E-state index contributed by atoms with van der Waals surface area (Å²) in [6.45, 7) is 3.70. The second kappa shape index (κ2) is 2.40. The monoisotopic (exact) mass is 176 g/mol. The first kappa shape index (κ1) is 7.66. The summed E-state index contributed by atoms with van der Waals surface area (Å²) in [5.41, 5.74) is 0.157. The summed E-state index contributed by atoms with van der Waals surface area (Å²) in [6, 6.07) is 0. The van der Waals surface area contributed by atoms with Crippen LogP contribution in [0.3, 0.4) is 0 Å². The summed E-state index contributed by atoms with van der Waals surface area (Å²) in [7, 11) is 0. The molecule has 3 aliphatic carbocycles. The molecule has 4 unspecified atom stereocenters. The molecule has 13 heavy (non-hydrogen) atoms. The van der Waals surface area contributed by atoms with Gasteiger partial charge in [0.25, 0.3) is 0 Å². The van der Waals surface area contributed by atoms with Crippen molar-refractivity contribution in [2.75, 3.05) is 0 Å². The summed E-state index contributed by atoms with van der Waals surface area (Å²) in [5, 5.41) is 0. The molecule has 3 rings (SSSR count). The average Bonchev–Trinajstić information content (AvgIpc) is 2.73. The molecule has 2 fully saturated rings. The molecular weight excluding hydrogens is 160 g/mol. The molecule has 3 aliphatic rings. The first-order valence-electron chi connectivity index (χ1n) is 5.31. The molecule has 0 aliphatic heterocycles. The molecule has 0 aromatic carbocycles. The minimum atomic E-state index is 0.157. The average molecular weight is 176 g/mol. The van der Waals surface area contributed by atoms with Gasteiger partial charge in [0.2, 0.25) is 0 Å². The van der Waals surface area contributed by atoms with E-state index in [4.69, 9.17) is 4.74 Å². The molecule has 0 amide bonds. The van der Waals surface area contributed by atoms with Crippen molar-refractivity contribution < 1.29 is 4.74 Å². The Balaban J connectivity index is 1.95. The van der Waals surface area contributed by atoms with E-state index in [9.17, 15) is 0 Å². The largest absolute Gasteiger partial charge is 0.495 e. The minimum Gasteiger partial charge on any atom is -0.495 e. The molecule has 1 nitrogen and oxygen atoms in total. The van der Waals surface area contributed by atoms with Crippen molar-refractivity contribution in [3.8, 4) is 0 Å². The Labute approximate surface area is 79.5 Å². The van der Waals surface area contributed by atoms with E-state index in [2.05, 4.69) is 18.7 Å². The van der Waals surface area contributed by atoms with Crippen LogP contribution in [0, 0.1) is 17.8 Å². The highest BCUT2D eigenvalue weighted by Gasteiger charge is 2.58. The van der Waals surface area contributed by atoms with Crippen molar-refractivity contribution >= 4 is 0 Å². The smallest absolute Gasteiger partial charge is 0.115 e. The van der Waals surface area contributed by atoms with Crippen LogP contribution in [0.1, 0.15) is 25.7 Å². The molecule has 0 saturated heterocycles. The lowest BCUT2D eigenvalue weighted by atomic mass is 9.79. The zero-order chi connectivity index (χ0) is 8.89. The van der Waals surface area contributed by atoms with Gasteiger partial charge in [0.05, 0.1) is 6.26 Å². The molecule has 70 valence electrons. The van der Waals surface area contributed by atoms with Crippen LogP contribution in [0.25, 0.3) is 0 Å². The van der Waals surface area contributed by atoms with Crippen LogP contribution < -0.4 is 0 Å². The highest BCUT2D eigenvalue weighted by molar-refractivity contribution is 5.19. The predicted octanol–water partition coefficient (Wildman–Crippen LogP) is 2.89. The number of rotatable bonds is 2. The van der Waals surface area contributed by atoms with Gasteiger partial charge in [0.15, 0.2) is 0 Å². The van der Waals surface area contributed by atoms with Crippen molar-refractivity contribution in [2.24, 2.45) is 17.8 Å². The van der Waals surface area contributed by atoms with Gasteiger partial charge in [-0.05, 0) is 37.5 Å². The topological polar surface area (TPSA) is 9.23 Å². The lowest BCUT2D eigenvalue weighted by Crippen LogP contribution is -2.35. The van der Waals surface area contributed by atoms with Gasteiger partial charge in [-0.2, -0.15) is 0 Å². The molecule has 0 heterocycles. The zero-order valence-corrected chi connectivity index (χ0v) is 7.91. The number of allylic oxidation sites excluding steroid dienone is 1. The minimum absolute atomic E-state index is 0.157. The summed E-state index contributed by atoms with van der Waals surface area (Å²) < 4.78 is 5.81. The molecule has 0 aromatic rings. The number of hydrogen-bond donors (Lipinski definition) is 0. The lowest BCUT2D eigenvalue weighted by Gasteiger charge is -2.34. The summed E-state index contributed by atoms with van der Waals surface area (Å²) >= 11 is 0. The van der Waals surface area contributed by atoms with E-state index in [1.54, 1.807) is 6.26 Å². The van der Waals surface area contributed by atoms with Crippen molar-refractivity contribution in [2.45, 2.75) is 31.3 Å². The Bertz CT molecular complexity index is 268. The molecule has 0 spiro atoms. The molecular formula is C12H16O. The Kier molecular flexibility index (Phi) is 1.42. The molecule has 4 atom stereocenters. The maximum atomic E-state index is 5.81. The van der Waals surface area contributed by atoms with Crippen LogP contribution in [0.2, 0.25) is 0 Å². The van der Waals surface area contributed by atoms with Gasteiger partial charge < -0.3 is 4.74 Å². The van der Waals surface area contributed by atoms with Crippen molar-refractivity contribution in [3.05, 3.63) is 25.0 Å². The van der Waals surface area contributed by atoms with Crippen molar-refractivity contribution in [1.82, 2.24) is 0 Å². The first-order valence-corrected chi connectivity index (χ1v) is 5.31. The Hall–Kier alpha value is -0.720. The van der Waals surface area contributed by atoms with Crippen LogP contribution >= 0.6 is 0 Å². The van der Waals surface area contributed by atoms with Crippen molar-refractivity contribution in [3.63, 3.8) is 0 Å².